The predicted octanol–water partition coefficient (Wildman–Crippen LogP) is -0.974. The first-order chi connectivity index (χ1) is 6.02. The van der Waals surface area contributed by atoms with Crippen molar-refractivity contribution in [3.05, 3.63) is 12.2 Å². The number of aliphatic hydroxyl groups is 2. The normalized spacial score (nSPS) is 14.4. The van der Waals surface area contributed by atoms with E-state index < -0.39 is 24.8 Å². The number of ether oxygens (including phenoxy) is 1. The largest absolute Gasteiger partial charge is 0.448 e. The van der Waals surface area contributed by atoms with Gasteiger partial charge in [0, 0.05) is 5.57 Å². The van der Waals surface area contributed by atoms with Crippen LogP contribution in [0.25, 0.3) is 0 Å². The first-order valence-corrected chi connectivity index (χ1v) is 3.63. The SMILES string of the molecule is C=C(C)C(=O)O[C@H](C=O)[C@H](O)CO. The predicted molar refractivity (Wildman–Crippen MR) is 43.9 cm³/mol. The molecule has 0 aromatic heterocycles. The number of aldehydes is 1. The number of carbonyl (C=O) groups excluding carboxylic acids is 2. The summed E-state index contributed by atoms with van der Waals surface area (Å²) < 4.78 is 4.50. The van der Waals surface area contributed by atoms with E-state index in [0.29, 0.717) is 0 Å². The Bertz CT molecular complexity index is 211. The fourth-order valence-corrected chi connectivity index (χ4v) is 0.525. The average molecular weight is 188 g/mol. The molecule has 0 unspecified atom stereocenters. The molecule has 0 aliphatic heterocycles. The van der Waals surface area contributed by atoms with Gasteiger partial charge in [0.05, 0.1) is 6.61 Å². The van der Waals surface area contributed by atoms with Crippen LogP contribution in [0, 0.1) is 0 Å². The van der Waals surface area contributed by atoms with E-state index in [2.05, 4.69) is 11.3 Å². The van der Waals surface area contributed by atoms with Gasteiger partial charge in [-0.15, -0.1) is 0 Å². The molecule has 5 nitrogen and oxygen atoms in total. The zero-order valence-corrected chi connectivity index (χ0v) is 7.27. The van der Waals surface area contributed by atoms with E-state index in [1.807, 2.05) is 0 Å². The van der Waals surface area contributed by atoms with Gasteiger partial charge in [0.25, 0.3) is 0 Å². The number of hydrogen-bond acceptors (Lipinski definition) is 5. The minimum atomic E-state index is -1.39. The van der Waals surface area contributed by atoms with Crippen LogP contribution in [0.3, 0.4) is 0 Å². The Morgan fingerprint density at radius 1 is 1.69 bits per heavy atom. The van der Waals surface area contributed by atoms with Crippen molar-refractivity contribution in [2.24, 2.45) is 0 Å². The molecule has 0 heterocycles. The lowest BCUT2D eigenvalue weighted by Gasteiger charge is -2.15. The third-order valence-corrected chi connectivity index (χ3v) is 1.29. The first-order valence-electron chi connectivity index (χ1n) is 3.63. The molecule has 2 atom stereocenters. The smallest absolute Gasteiger partial charge is 0.333 e. The van der Waals surface area contributed by atoms with E-state index in [1.165, 1.54) is 6.92 Å². The lowest BCUT2D eigenvalue weighted by atomic mass is 10.2. The van der Waals surface area contributed by atoms with Crippen LogP contribution in [-0.2, 0) is 14.3 Å². The molecule has 0 saturated carbocycles. The first kappa shape index (κ1) is 11.8. The second-order valence-electron chi connectivity index (χ2n) is 2.54. The standard InChI is InChI=1S/C8H12O5/c1-5(2)8(12)13-7(4-10)6(11)3-9/h4,6-7,9,11H,1,3H2,2H3/t6-,7-/m1/s1. The summed E-state index contributed by atoms with van der Waals surface area (Å²) in [5.41, 5.74) is 0.122. The van der Waals surface area contributed by atoms with Crippen molar-refractivity contribution < 1.29 is 24.5 Å². The van der Waals surface area contributed by atoms with Gasteiger partial charge in [-0.25, -0.2) is 4.79 Å². The summed E-state index contributed by atoms with van der Waals surface area (Å²) in [6.45, 7) is 4.06. The van der Waals surface area contributed by atoms with Crippen molar-refractivity contribution in [3.8, 4) is 0 Å². The lowest BCUT2D eigenvalue weighted by molar-refractivity contribution is -0.155. The maximum Gasteiger partial charge on any atom is 0.333 e. The van der Waals surface area contributed by atoms with Gasteiger partial charge >= 0.3 is 5.97 Å². The van der Waals surface area contributed by atoms with Crippen LogP contribution in [0.5, 0.6) is 0 Å². The molecule has 5 heteroatoms. The zero-order chi connectivity index (χ0) is 10.4. The molecule has 0 aliphatic rings. The Kier molecular flexibility index (Phi) is 4.94. The molecular weight excluding hydrogens is 176 g/mol. The number of esters is 1. The average Bonchev–Trinajstić information content (AvgIpc) is 2.12. The molecule has 0 aliphatic carbocycles. The zero-order valence-electron chi connectivity index (χ0n) is 7.27. The third kappa shape index (κ3) is 3.82. The Balaban J connectivity index is 4.20. The van der Waals surface area contributed by atoms with Crippen LogP contribution in [0.2, 0.25) is 0 Å². The second kappa shape index (κ2) is 5.45. The van der Waals surface area contributed by atoms with E-state index >= 15 is 0 Å². The number of hydrogen-bond donors (Lipinski definition) is 2. The highest BCUT2D eigenvalue weighted by Gasteiger charge is 2.21. The fourth-order valence-electron chi connectivity index (χ4n) is 0.525. The Hall–Kier alpha value is -1.20. The van der Waals surface area contributed by atoms with Crippen molar-refractivity contribution in [2.75, 3.05) is 6.61 Å². The van der Waals surface area contributed by atoms with Gasteiger partial charge in [-0.1, -0.05) is 6.58 Å². The molecule has 0 saturated heterocycles. The topological polar surface area (TPSA) is 83.8 Å². The van der Waals surface area contributed by atoms with Crippen molar-refractivity contribution in [3.63, 3.8) is 0 Å². The van der Waals surface area contributed by atoms with Gasteiger partial charge in [-0.3, -0.25) is 4.79 Å². The molecule has 0 spiro atoms. The molecule has 0 fully saturated rings. The van der Waals surface area contributed by atoms with Crippen molar-refractivity contribution in [2.45, 2.75) is 19.1 Å². The summed E-state index contributed by atoms with van der Waals surface area (Å²) in [5.74, 6) is -0.774. The Morgan fingerprint density at radius 2 is 2.23 bits per heavy atom. The van der Waals surface area contributed by atoms with E-state index in [-0.39, 0.29) is 11.9 Å². The Morgan fingerprint density at radius 3 is 2.54 bits per heavy atom. The van der Waals surface area contributed by atoms with Crippen LogP contribution in [0.1, 0.15) is 6.92 Å². The number of rotatable bonds is 5. The summed E-state index contributed by atoms with van der Waals surface area (Å²) in [7, 11) is 0. The maximum absolute atomic E-state index is 10.9. The summed E-state index contributed by atoms with van der Waals surface area (Å²) in [4.78, 5) is 21.1. The maximum atomic E-state index is 10.9. The van der Waals surface area contributed by atoms with Crippen LogP contribution < -0.4 is 0 Å². The van der Waals surface area contributed by atoms with E-state index in [9.17, 15) is 9.59 Å². The summed E-state index contributed by atoms with van der Waals surface area (Å²) in [6, 6.07) is 0. The fraction of sp³-hybridized carbons (Fsp3) is 0.500. The number of carbonyl (C=O) groups is 2. The minimum Gasteiger partial charge on any atom is -0.448 e. The van der Waals surface area contributed by atoms with Crippen molar-refractivity contribution in [1.82, 2.24) is 0 Å². The van der Waals surface area contributed by atoms with E-state index in [1.54, 1.807) is 0 Å². The van der Waals surface area contributed by atoms with Gasteiger partial charge in [-0.2, -0.15) is 0 Å². The van der Waals surface area contributed by atoms with Crippen LogP contribution in [-0.4, -0.2) is 41.3 Å². The second-order valence-corrected chi connectivity index (χ2v) is 2.54. The van der Waals surface area contributed by atoms with E-state index in [4.69, 9.17) is 10.2 Å². The van der Waals surface area contributed by atoms with E-state index in [0.717, 1.165) is 0 Å². The molecule has 0 aromatic rings. The van der Waals surface area contributed by atoms with Gasteiger partial charge < -0.3 is 14.9 Å². The molecule has 13 heavy (non-hydrogen) atoms. The van der Waals surface area contributed by atoms with Crippen LogP contribution in [0.4, 0.5) is 0 Å². The summed E-state index contributed by atoms with van der Waals surface area (Å²) in [6.07, 6.45) is -2.48. The Labute approximate surface area is 75.6 Å². The highest BCUT2D eigenvalue weighted by atomic mass is 16.6. The molecule has 0 rings (SSSR count). The van der Waals surface area contributed by atoms with Crippen LogP contribution >= 0.6 is 0 Å². The highest BCUT2D eigenvalue weighted by molar-refractivity contribution is 5.88. The molecule has 2 N–H and O–H groups in total. The monoisotopic (exact) mass is 188 g/mol. The van der Waals surface area contributed by atoms with Crippen molar-refractivity contribution >= 4 is 12.3 Å². The summed E-state index contributed by atoms with van der Waals surface area (Å²) in [5, 5.41) is 17.4. The molecule has 0 radical (unpaired) electrons. The van der Waals surface area contributed by atoms with Gasteiger partial charge in [-0.05, 0) is 6.92 Å². The van der Waals surface area contributed by atoms with Crippen molar-refractivity contribution in [1.29, 1.82) is 0 Å². The molecule has 74 valence electrons. The highest BCUT2D eigenvalue weighted by Crippen LogP contribution is 2.01. The molecule has 0 bridgehead atoms. The van der Waals surface area contributed by atoms with Crippen LogP contribution in [0.15, 0.2) is 12.2 Å². The quantitative estimate of drug-likeness (QED) is 0.329. The van der Waals surface area contributed by atoms with Gasteiger partial charge in [0.1, 0.15) is 6.10 Å². The molecule has 0 aromatic carbocycles. The van der Waals surface area contributed by atoms with Gasteiger partial charge in [0.2, 0.25) is 0 Å². The third-order valence-electron chi connectivity index (χ3n) is 1.29. The molecule has 0 amide bonds. The van der Waals surface area contributed by atoms with Gasteiger partial charge in [0.15, 0.2) is 12.4 Å². The molecular formula is C8H12O5. The lowest BCUT2D eigenvalue weighted by Crippen LogP contribution is -2.35. The minimum absolute atomic E-state index is 0.122. The number of aliphatic hydroxyl groups excluding tert-OH is 2. The summed E-state index contributed by atoms with van der Waals surface area (Å²) >= 11 is 0.